The first-order valence-electron chi connectivity index (χ1n) is 7.24. The van der Waals surface area contributed by atoms with Gasteiger partial charge in [0.1, 0.15) is 5.58 Å². The molecule has 0 N–H and O–H groups in total. The van der Waals surface area contributed by atoms with Crippen molar-refractivity contribution in [2.24, 2.45) is 0 Å². The first-order valence-corrected chi connectivity index (χ1v) is 7.24. The van der Waals surface area contributed by atoms with Gasteiger partial charge in [0.15, 0.2) is 5.43 Å². The SMILES string of the molecule is Cc1cccc2c1ccc1c(=O)c3c(oc12)C(=O)OC[C@H]3C. The zero-order valence-electron chi connectivity index (χ0n) is 12.3. The molecule has 0 unspecified atom stereocenters. The summed E-state index contributed by atoms with van der Waals surface area (Å²) in [6.45, 7) is 4.08. The summed E-state index contributed by atoms with van der Waals surface area (Å²) < 4.78 is 10.9. The Hall–Kier alpha value is -2.62. The number of aryl methyl sites for hydroxylation is 1. The molecule has 0 aliphatic carbocycles. The molecule has 0 saturated carbocycles. The van der Waals surface area contributed by atoms with E-state index in [0.29, 0.717) is 16.5 Å². The van der Waals surface area contributed by atoms with Gasteiger partial charge >= 0.3 is 5.97 Å². The molecule has 0 bridgehead atoms. The molecule has 1 aromatic heterocycles. The highest BCUT2D eigenvalue weighted by atomic mass is 16.5. The van der Waals surface area contributed by atoms with Crippen molar-refractivity contribution in [3.05, 3.63) is 57.4 Å². The van der Waals surface area contributed by atoms with E-state index in [1.165, 1.54) is 0 Å². The van der Waals surface area contributed by atoms with Crippen LogP contribution in [-0.4, -0.2) is 12.6 Å². The van der Waals surface area contributed by atoms with Crippen LogP contribution in [0.1, 0.15) is 34.5 Å². The number of rotatable bonds is 0. The molecule has 0 amide bonds. The molecule has 1 aliphatic heterocycles. The van der Waals surface area contributed by atoms with Crippen LogP contribution in [0.25, 0.3) is 21.7 Å². The molecule has 1 aliphatic rings. The summed E-state index contributed by atoms with van der Waals surface area (Å²) in [6.07, 6.45) is 0. The number of cyclic esters (lactones) is 1. The standard InChI is InChI=1S/C18H14O4/c1-9-4-3-5-12-11(9)6-7-13-15(19)14-10(2)8-21-18(20)17(14)22-16(12)13/h3-7,10H,8H2,1-2H3/t10-/m1/s1. The molecule has 22 heavy (non-hydrogen) atoms. The van der Waals surface area contributed by atoms with E-state index in [4.69, 9.17) is 9.15 Å². The van der Waals surface area contributed by atoms with Crippen molar-refractivity contribution in [3.63, 3.8) is 0 Å². The molecule has 2 aromatic carbocycles. The van der Waals surface area contributed by atoms with E-state index in [9.17, 15) is 9.59 Å². The van der Waals surface area contributed by atoms with E-state index in [2.05, 4.69) is 0 Å². The van der Waals surface area contributed by atoms with E-state index in [0.717, 1.165) is 16.3 Å². The highest BCUT2D eigenvalue weighted by molar-refractivity contribution is 6.06. The quantitative estimate of drug-likeness (QED) is 0.470. The zero-order valence-corrected chi connectivity index (χ0v) is 12.3. The Morgan fingerprint density at radius 3 is 2.64 bits per heavy atom. The van der Waals surface area contributed by atoms with Gasteiger partial charge in [0.05, 0.1) is 17.6 Å². The first-order chi connectivity index (χ1) is 10.6. The fourth-order valence-electron chi connectivity index (χ4n) is 3.13. The molecule has 1 atom stereocenters. The number of benzene rings is 2. The number of carbonyl (C=O) groups is 1. The van der Waals surface area contributed by atoms with Gasteiger partial charge in [0.25, 0.3) is 0 Å². The number of hydrogen-bond acceptors (Lipinski definition) is 4. The van der Waals surface area contributed by atoms with Gasteiger partial charge in [-0.2, -0.15) is 0 Å². The summed E-state index contributed by atoms with van der Waals surface area (Å²) in [4.78, 5) is 24.8. The van der Waals surface area contributed by atoms with E-state index >= 15 is 0 Å². The predicted molar refractivity (Wildman–Crippen MR) is 83.4 cm³/mol. The Labute approximate surface area is 126 Å². The summed E-state index contributed by atoms with van der Waals surface area (Å²) in [5.74, 6) is -0.663. The summed E-state index contributed by atoms with van der Waals surface area (Å²) in [5, 5.41) is 2.36. The van der Waals surface area contributed by atoms with Crippen LogP contribution < -0.4 is 5.43 Å². The van der Waals surface area contributed by atoms with Crippen LogP contribution >= 0.6 is 0 Å². The lowest BCUT2D eigenvalue weighted by Crippen LogP contribution is -2.27. The molecule has 4 rings (SSSR count). The molecule has 0 saturated heterocycles. The maximum absolute atomic E-state index is 12.8. The average Bonchev–Trinajstić information content (AvgIpc) is 2.51. The lowest BCUT2D eigenvalue weighted by molar-refractivity contribution is 0.0402. The molecule has 4 heteroatoms. The van der Waals surface area contributed by atoms with E-state index < -0.39 is 5.97 Å². The Morgan fingerprint density at radius 2 is 1.82 bits per heavy atom. The third-order valence-electron chi connectivity index (χ3n) is 4.31. The lowest BCUT2D eigenvalue weighted by atomic mass is 9.95. The fourth-order valence-corrected chi connectivity index (χ4v) is 3.13. The summed E-state index contributed by atoms with van der Waals surface area (Å²) in [7, 11) is 0. The number of hydrogen-bond donors (Lipinski definition) is 0. The average molecular weight is 294 g/mol. The Bertz CT molecular complexity index is 997. The minimum Gasteiger partial charge on any atom is -0.459 e. The molecule has 110 valence electrons. The van der Waals surface area contributed by atoms with Crippen LogP contribution in [0.5, 0.6) is 0 Å². The number of ether oxygens (including phenoxy) is 1. The van der Waals surface area contributed by atoms with Crippen LogP contribution in [0.15, 0.2) is 39.5 Å². The van der Waals surface area contributed by atoms with E-state index in [1.807, 2.05) is 38.1 Å². The fraction of sp³-hybridized carbons (Fsp3) is 0.222. The van der Waals surface area contributed by atoms with E-state index in [-0.39, 0.29) is 23.7 Å². The minimum absolute atomic E-state index is 0.0465. The predicted octanol–water partition coefficient (Wildman–Crippen LogP) is 3.53. The number of esters is 1. The number of fused-ring (bicyclic) bond motifs is 4. The molecular weight excluding hydrogens is 280 g/mol. The van der Waals surface area contributed by atoms with Gasteiger partial charge in [0.2, 0.25) is 5.76 Å². The van der Waals surface area contributed by atoms with Crippen LogP contribution in [0.4, 0.5) is 0 Å². The highest BCUT2D eigenvalue weighted by Crippen LogP contribution is 2.31. The van der Waals surface area contributed by atoms with Crippen LogP contribution in [0.3, 0.4) is 0 Å². The highest BCUT2D eigenvalue weighted by Gasteiger charge is 2.31. The Balaban J connectivity index is 2.22. The van der Waals surface area contributed by atoms with Crippen LogP contribution in [0, 0.1) is 6.92 Å². The molecule has 0 spiro atoms. The van der Waals surface area contributed by atoms with Crippen molar-refractivity contribution in [1.82, 2.24) is 0 Å². The molecule has 0 radical (unpaired) electrons. The summed E-state index contributed by atoms with van der Waals surface area (Å²) in [6, 6.07) is 9.53. The lowest BCUT2D eigenvalue weighted by Gasteiger charge is -2.20. The van der Waals surface area contributed by atoms with Gasteiger partial charge in [-0.1, -0.05) is 31.2 Å². The zero-order chi connectivity index (χ0) is 15.4. The molecule has 0 fully saturated rings. The van der Waals surface area contributed by atoms with Crippen LogP contribution in [-0.2, 0) is 4.74 Å². The Morgan fingerprint density at radius 1 is 1.05 bits per heavy atom. The Kier molecular flexibility index (Phi) is 2.64. The van der Waals surface area contributed by atoms with Gasteiger partial charge in [-0.05, 0) is 23.9 Å². The van der Waals surface area contributed by atoms with Gasteiger partial charge in [0, 0.05) is 11.3 Å². The molecule has 3 aromatic rings. The van der Waals surface area contributed by atoms with E-state index in [1.54, 1.807) is 6.07 Å². The molecular formula is C18H14O4. The summed E-state index contributed by atoms with van der Waals surface area (Å²) >= 11 is 0. The van der Waals surface area contributed by atoms with Crippen molar-refractivity contribution < 1.29 is 13.9 Å². The maximum atomic E-state index is 12.8. The van der Waals surface area contributed by atoms with Gasteiger partial charge in [-0.3, -0.25) is 4.79 Å². The second kappa shape index (κ2) is 4.44. The van der Waals surface area contributed by atoms with Crippen LogP contribution in [0.2, 0.25) is 0 Å². The second-order valence-corrected chi connectivity index (χ2v) is 5.79. The van der Waals surface area contributed by atoms with Crippen molar-refractivity contribution in [3.8, 4) is 0 Å². The topological polar surface area (TPSA) is 56.5 Å². The van der Waals surface area contributed by atoms with Crippen molar-refractivity contribution in [1.29, 1.82) is 0 Å². The number of carbonyl (C=O) groups excluding carboxylic acids is 1. The third-order valence-corrected chi connectivity index (χ3v) is 4.31. The third kappa shape index (κ3) is 1.64. The van der Waals surface area contributed by atoms with Gasteiger partial charge < -0.3 is 9.15 Å². The van der Waals surface area contributed by atoms with Crippen molar-refractivity contribution in [2.75, 3.05) is 6.61 Å². The normalized spacial score (nSPS) is 17.5. The smallest absolute Gasteiger partial charge is 0.374 e. The van der Waals surface area contributed by atoms with Gasteiger partial charge in [-0.15, -0.1) is 0 Å². The first kappa shape index (κ1) is 13.1. The molecule has 2 heterocycles. The van der Waals surface area contributed by atoms with Crippen molar-refractivity contribution >= 4 is 27.7 Å². The largest absolute Gasteiger partial charge is 0.459 e. The maximum Gasteiger partial charge on any atom is 0.374 e. The molecule has 4 nitrogen and oxygen atoms in total. The monoisotopic (exact) mass is 294 g/mol. The van der Waals surface area contributed by atoms with Crippen molar-refractivity contribution in [2.45, 2.75) is 19.8 Å². The van der Waals surface area contributed by atoms with Gasteiger partial charge in [-0.25, -0.2) is 4.79 Å². The second-order valence-electron chi connectivity index (χ2n) is 5.79. The minimum atomic E-state index is -0.559. The summed E-state index contributed by atoms with van der Waals surface area (Å²) in [5.41, 5.74) is 1.84.